The summed E-state index contributed by atoms with van der Waals surface area (Å²) in [6.45, 7) is 2.24. The molecule has 0 bridgehead atoms. The van der Waals surface area contributed by atoms with Crippen molar-refractivity contribution in [1.82, 2.24) is 19.5 Å². The quantitative estimate of drug-likeness (QED) is 0.843. The Balaban J connectivity index is 1.88. The van der Waals surface area contributed by atoms with E-state index in [0.29, 0.717) is 23.2 Å². The predicted octanol–water partition coefficient (Wildman–Crippen LogP) is 2.38. The molecule has 0 unspecified atom stereocenters. The molecule has 1 aliphatic rings. The van der Waals surface area contributed by atoms with Crippen molar-refractivity contribution in [2.45, 2.75) is 38.6 Å². The largest absolute Gasteiger partial charge is 0.338 e. The molecule has 1 aliphatic carbocycles. The number of carbonyl (C=O) groups is 1. The first-order chi connectivity index (χ1) is 9.68. The minimum absolute atomic E-state index is 0.0254. The first-order valence-corrected chi connectivity index (χ1v) is 7.24. The summed E-state index contributed by atoms with van der Waals surface area (Å²) in [6.07, 6.45) is 9.90. The van der Waals surface area contributed by atoms with Gasteiger partial charge in [-0.15, -0.1) is 0 Å². The predicted molar refractivity (Wildman–Crippen MR) is 76.5 cm³/mol. The van der Waals surface area contributed by atoms with Gasteiger partial charge in [-0.1, -0.05) is 19.8 Å². The maximum absolute atomic E-state index is 12.7. The summed E-state index contributed by atoms with van der Waals surface area (Å²) in [5.74, 6) is 0.588. The number of aromatic nitrogens is 3. The van der Waals surface area contributed by atoms with Crippen LogP contribution in [-0.2, 0) is 0 Å². The summed E-state index contributed by atoms with van der Waals surface area (Å²) < 4.78 is 1.64. The summed E-state index contributed by atoms with van der Waals surface area (Å²) in [5.41, 5.74) is 1.22. The molecule has 5 nitrogen and oxygen atoms in total. The van der Waals surface area contributed by atoms with Crippen LogP contribution in [0.15, 0.2) is 24.7 Å². The smallest absolute Gasteiger partial charge is 0.259 e. The molecule has 0 radical (unpaired) electrons. The van der Waals surface area contributed by atoms with Crippen molar-refractivity contribution in [3.63, 3.8) is 0 Å². The number of nitrogens with zero attached hydrogens (tertiary/aromatic N) is 4. The van der Waals surface area contributed by atoms with Crippen molar-refractivity contribution >= 4 is 11.6 Å². The molecule has 2 aromatic rings. The number of amides is 1. The summed E-state index contributed by atoms with van der Waals surface area (Å²) in [6, 6.07) is 2.14. The van der Waals surface area contributed by atoms with Gasteiger partial charge in [-0.05, 0) is 24.8 Å². The highest BCUT2D eigenvalue weighted by atomic mass is 16.2. The normalized spacial score (nSPS) is 22.9. The van der Waals surface area contributed by atoms with Crippen LogP contribution >= 0.6 is 0 Å². The van der Waals surface area contributed by atoms with Crippen molar-refractivity contribution in [2.75, 3.05) is 7.05 Å². The summed E-state index contributed by atoms with van der Waals surface area (Å²) in [4.78, 5) is 18.8. The van der Waals surface area contributed by atoms with E-state index in [0.717, 1.165) is 6.42 Å². The number of carbonyl (C=O) groups excluding carboxylic acids is 1. The van der Waals surface area contributed by atoms with Gasteiger partial charge in [-0.3, -0.25) is 4.79 Å². The number of rotatable bonds is 2. The van der Waals surface area contributed by atoms with Crippen molar-refractivity contribution in [2.24, 2.45) is 5.92 Å². The fraction of sp³-hybridized carbons (Fsp3) is 0.533. The van der Waals surface area contributed by atoms with Crippen LogP contribution in [0, 0.1) is 5.92 Å². The third-order valence-corrected chi connectivity index (χ3v) is 4.39. The highest BCUT2D eigenvalue weighted by molar-refractivity contribution is 5.99. The van der Waals surface area contributed by atoms with Gasteiger partial charge in [-0.2, -0.15) is 5.10 Å². The van der Waals surface area contributed by atoms with Gasteiger partial charge in [0.1, 0.15) is 5.56 Å². The maximum Gasteiger partial charge on any atom is 0.259 e. The summed E-state index contributed by atoms with van der Waals surface area (Å²) in [5, 5.41) is 4.19. The van der Waals surface area contributed by atoms with Crippen molar-refractivity contribution in [3.8, 4) is 0 Å². The Kier molecular flexibility index (Phi) is 3.42. The second kappa shape index (κ2) is 5.23. The molecular formula is C15H20N4O. The Labute approximate surface area is 118 Å². The Morgan fingerprint density at radius 1 is 1.40 bits per heavy atom. The molecule has 2 aromatic heterocycles. The SMILES string of the molecule is C[C@H]1CCCC[C@@H]1N(C)C(=O)c1cnn2cccnc12. The number of hydrogen-bond donors (Lipinski definition) is 0. The molecule has 0 saturated heterocycles. The molecule has 2 heterocycles. The van der Waals surface area contributed by atoms with E-state index in [1.54, 1.807) is 23.0 Å². The molecule has 20 heavy (non-hydrogen) atoms. The Bertz CT molecular complexity index is 621. The first-order valence-electron chi connectivity index (χ1n) is 7.24. The Morgan fingerprint density at radius 2 is 2.20 bits per heavy atom. The molecule has 2 atom stereocenters. The minimum Gasteiger partial charge on any atom is -0.338 e. The van der Waals surface area contributed by atoms with Crippen LogP contribution in [0.25, 0.3) is 5.65 Å². The Hall–Kier alpha value is -1.91. The van der Waals surface area contributed by atoms with E-state index in [2.05, 4.69) is 17.0 Å². The second-order valence-corrected chi connectivity index (χ2v) is 5.69. The maximum atomic E-state index is 12.7. The standard InChI is InChI=1S/C15H20N4O/c1-11-6-3-4-7-13(11)18(2)15(20)12-10-17-19-9-5-8-16-14(12)19/h5,8-11,13H,3-4,6-7H2,1-2H3/t11-,13-/m0/s1. The second-order valence-electron chi connectivity index (χ2n) is 5.69. The fourth-order valence-electron chi connectivity index (χ4n) is 3.19. The molecule has 1 saturated carbocycles. The van der Waals surface area contributed by atoms with Gasteiger partial charge in [0.2, 0.25) is 0 Å². The van der Waals surface area contributed by atoms with Crippen LogP contribution in [0.5, 0.6) is 0 Å². The average molecular weight is 272 g/mol. The van der Waals surface area contributed by atoms with Gasteiger partial charge in [0.25, 0.3) is 5.91 Å². The van der Waals surface area contributed by atoms with Crippen LogP contribution < -0.4 is 0 Å². The molecule has 5 heteroatoms. The van der Waals surface area contributed by atoms with Crippen LogP contribution in [0.2, 0.25) is 0 Å². The van der Waals surface area contributed by atoms with E-state index in [9.17, 15) is 4.79 Å². The van der Waals surface area contributed by atoms with Crippen molar-refractivity contribution in [1.29, 1.82) is 0 Å². The number of fused-ring (bicyclic) bond motifs is 1. The topological polar surface area (TPSA) is 50.5 Å². The summed E-state index contributed by atoms with van der Waals surface area (Å²) in [7, 11) is 1.90. The van der Waals surface area contributed by atoms with Crippen LogP contribution in [0.1, 0.15) is 43.0 Å². The molecule has 0 aliphatic heterocycles. The van der Waals surface area contributed by atoms with E-state index in [1.165, 1.54) is 19.3 Å². The van der Waals surface area contributed by atoms with E-state index in [-0.39, 0.29) is 5.91 Å². The molecule has 0 spiro atoms. The zero-order valence-electron chi connectivity index (χ0n) is 12.0. The molecule has 1 fully saturated rings. The minimum atomic E-state index is 0.0254. The van der Waals surface area contributed by atoms with Gasteiger partial charge in [-0.25, -0.2) is 9.50 Å². The third kappa shape index (κ3) is 2.17. The van der Waals surface area contributed by atoms with Crippen LogP contribution in [0.3, 0.4) is 0 Å². The van der Waals surface area contributed by atoms with E-state index >= 15 is 0 Å². The van der Waals surface area contributed by atoms with Crippen molar-refractivity contribution in [3.05, 3.63) is 30.2 Å². The number of hydrogen-bond acceptors (Lipinski definition) is 3. The molecule has 106 valence electrons. The summed E-state index contributed by atoms with van der Waals surface area (Å²) >= 11 is 0. The monoisotopic (exact) mass is 272 g/mol. The Morgan fingerprint density at radius 3 is 3.00 bits per heavy atom. The lowest BCUT2D eigenvalue weighted by Gasteiger charge is -2.36. The molecule has 0 N–H and O–H groups in total. The zero-order chi connectivity index (χ0) is 14.1. The van der Waals surface area contributed by atoms with Crippen LogP contribution in [-0.4, -0.2) is 38.5 Å². The van der Waals surface area contributed by atoms with E-state index in [1.807, 2.05) is 18.1 Å². The first kappa shape index (κ1) is 13.1. The average Bonchev–Trinajstić information content (AvgIpc) is 2.90. The van der Waals surface area contributed by atoms with Crippen LogP contribution in [0.4, 0.5) is 0 Å². The van der Waals surface area contributed by atoms with Crippen molar-refractivity contribution < 1.29 is 4.79 Å². The lowest BCUT2D eigenvalue weighted by atomic mass is 9.85. The van der Waals surface area contributed by atoms with Gasteiger partial charge < -0.3 is 4.90 Å². The zero-order valence-corrected chi connectivity index (χ0v) is 12.0. The van der Waals surface area contributed by atoms with Gasteiger partial charge in [0.05, 0.1) is 6.20 Å². The fourth-order valence-corrected chi connectivity index (χ4v) is 3.19. The molecule has 1 amide bonds. The molecule has 0 aromatic carbocycles. The highest BCUT2D eigenvalue weighted by Crippen LogP contribution is 2.28. The van der Waals surface area contributed by atoms with Gasteiger partial charge in [0, 0.05) is 25.5 Å². The third-order valence-electron chi connectivity index (χ3n) is 4.39. The lowest BCUT2D eigenvalue weighted by Crippen LogP contribution is -2.42. The van der Waals surface area contributed by atoms with E-state index < -0.39 is 0 Å². The lowest BCUT2D eigenvalue weighted by molar-refractivity contribution is 0.0630. The molecular weight excluding hydrogens is 252 g/mol. The molecule has 3 rings (SSSR count). The highest BCUT2D eigenvalue weighted by Gasteiger charge is 2.29. The van der Waals surface area contributed by atoms with Gasteiger partial charge >= 0.3 is 0 Å². The van der Waals surface area contributed by atoms with Gasteiger partial charge in [0.15, 0.2) is 5.65 Å². The van der Waals surface area contributed by atoms with E-state index in [4.69, 9.17) is 0 Å².